The minimum Gasteiger partial charge on any atom is -0.481 e. The number of hydrogen-bond donors (Lipinski definition) is 1. The van der Waals surface area contributed by atoms with Gasteiger partial charge in [0, 0.05) is 7.11 Å². The van der Waals surface area contributed by atoms with Gasteiger partial charge in [-0.15, -0.1) is 0 Å². The summed E-state index contributed by atoms with van der Waals surface area (Å²) in [4.78, 5) is 11.5. The summed E-state index contributed by atoms with van der Waals surface area (Å²) < 4.78 is 5.38. The maximum atomic E-state index is 11.5. The van der Waals surface area contributed by atoms with Crippen LogP contribution in [0.4, 0.5) is 0 Å². The van der Waals surface area contributed by atoms with Crippen molar-refractivity contribution in [2.45, 2.75) is 64.9 Å². The lowest BCUT2D eigenvalue weighted by atomic mass is 9.67. The first-order valence-corrected chi connectivity index (χ1v) is 6.60. The number of aliphatic carboxylic acids is 1. The molecule has 0 atom stereocenters. The number of carbonyl (C=O) groups is 1. The van der Waals surface area contributed by atoms with Crippen molar-refractivity contribution in [3.63, 3.8) is 0 Å². The van der Waals surface area contributed by atoms with Crippen molar-refractivity contribution in [1.29, 1.82) is 0 Å². The van der Waals surface area contributed by atoms with E-state index in [0.717, 1.165) is 38.5 Å². The largest absolute Gasteiger partial charge is 0.481 e. The Hall–Kier alpha value is -0.570. The van der Waals surface area contributed by atoms with Crippen LogP contribution in [0, 0.1) is 11.3 Å². The molecule has 3 nitrogen and oxygen atoms in total. The predicted octanol–water partition coefficient (Wildman–Crippen LogP) is 3.47. The van der Waals surface area contributed by atoms with Crippen LogP contribution in [0.3, 0.4) is 0 Å². The fourth-order valence-corrected chi connectivity index (χ4v) is 2.53. The molecule has 0 bridgehead atoms. The zero-order valence-corrected chi connectivity index (χ0v) is 11.6. The third kappa shape index (κ3) is 3.70. The van der Waals surface area contributed by atoms with Crippen molar-refractivity contribution in [2.75, 3.05) is 7.11 Å². The van der Waals surface area contributed by atoms with Gasteiger partial charge in [0.1, 0.15) is 0 Å². The van der Waals surface area contributed by atoms with Crippen LogP contribution < -0.4 is 0 Å². The van der Waals surface area contributed by atoms with Gasteiger partial charge >= 0.3 is 5.97 Å². The summed E-state index contributed by atoms with van der Waals surface area (Å²) in [5, 5.41) is 9.50. The SMILES string of the molecule is COC(C)(C)CCC1(C(=O)O)CCC(C)CC1. The molecule has 0 aliphatic heterocycles. The third-order valence-corrected chi connectivity index (χ3v) is 4.44. The molecule has 1 rings (SSSR count). The van der Waals surface area contributed by atoms with E-state index in [0.29, 0.717) is 5.92 Å². The summed E-state index contributed by atoms with van der Waals surface area (Å²) in [5.41, 5.74) is -0.714. The van der Waals surface area contributed by atoms with Crippen molar-refractivity contribution < 1.29 is 14.6 Å². The highest BCUT2D eigenvalue weighted by atomic mass is 16.5. The fourth-order valence-electron chi connectivity index (χ4n) is 2.53. The van der Waals surface area contributed by atoms with Gasteiger partial charge in [0.25, 0.3) is 0 Å². The van der Waals surface area contributed by atoms with Crippen molar-refractivity contribution in [1.82, 2.24) is 0 Å². The lowest BCUT2D eigenvalue weighted by Gasteiger charge is -2.37. The molecule has 0 amide bonds. The summed E-state index contributed by atoms with van der Waals surface area (Å²) in [6.45, 7) is 6.26. The van der Waals surface area contributed by atoms with E-state index < -0.39 is 11.4 Å². The highest BCUT2D eigenvalue weighted by Gasteiger charge is 2.41. The number of methoxy groups -OCH3 is 1. The maximum absolute atomic E-state index is 11.5. The average molecular weight is 242 g/mol. The zero-order chi connectivity index (χ0) is 13.1. The van der Waals surface area contributed by atoms with Gasteiger partial charge in [0.15, 0.2) is 0 Å². The highest BCUT2D eigenvalue weighted by molar-refractivity contribution is 5.74. The molecule has 0 spiro atoms. The first kappa shape index (κ1) is 14.5. The normalized spacial score (nSPS) is 30.2. The molecule has 100 valence electrons. The molecule has 1 saturated carbocycles. The second-order valence-corrected chi connectivity index (χ2v) is 6.23. The van der Waals surface area contributed by atoms with Crippen LogP contribution in [-0.4, -0.2) is 23.8 Å². The molecule has 0 saturated heterocycles. The van der Waals surface area contributed by atoms with E-state index in [1.165, 1.54) is 0 Å². The van der Waals surface area contributed by atoms with Crippen LogP contribution in [-0.2, 0) is 9.53 Å². The Bertz CT molecular complexity index is 263. The standard InChI is InChI=1S/C14H26O3/c1-11-5-7-14(8-6-11,12(15)16)10-9-13(2,3)17-4/h11H,5-10H2,1-4H3,(H,15,16). The first-order chi connectivity index (χ1) is 7.81. The lowest BCUT2D eigenvalue weighted by molar-refractivity contribution is -0.153. The quantitative estimate of drug-likeness (QED) is 0.803. The Labute approximate surface area is 105 Å². The van der Waals surface area contributed by atoms with Gasteiger partial charge in [-0.25, -0.2) is 0 Å². The van der Waals surface area contributed by atoms with Crippen LogP contribution in [0.2, 0.25) is 0 Å². The Morgan fingerprint density at radius 1 is 1.41 bits per heavy atom. The topological polar surface area (TPSA) is 46.5 Å². The van der Waals surface area contributed by atoms with Gasteiger partial charge in [-0.2, -0.15) is 0 Å². The molecule has 1 N–H and O–H groups in total. The summed E-state index contributed by atoms with van der Waals surface area (Å²) in [6.07, 6.45) is 5.27. The third-order valence-electron chi connectivity index (χ3n) is 4.44. The van der Waals surface area contributed by atoms with Gasteiger partial charge in [0.2, 0.25) is 0 Å². The van der Waals surface area contributed by atoms with Crippen molar-refractivity contribution in [3.8, 4) is 0 Å². The molecule has 0 heterocycles. The van der Waals surface area contributed by atoms with Gasteiger partial charge < -0.3 is 9.84 Å². The van der Waals surface area contributed by atoms with Crippen LogP contribution in [0.15, 0.2) is 0 Å². The Kier molecular flexibility index (Phi) is 4.59. The Morgan fingerprint density at radius 3 is 2.35 bits per heavy atom. The minimum absolute atomic E-state index is 0.217. The minimum atomic E-state index is -0.615. The van der Waals surface area contributed by atoms with E-state index >= 15 is 0 Å². The number of ether oxygens (including phenoxy) is 1. The fraction of sp³-hybridized carbons (Fsp3) is 0.929. The van der Waals surface area contributed by atoms with Crippen LogP contribution in [0.1, 0.15) is 59.3 Å². The molecule has 0 radical (unpaired) electrons. The highest BCUT2D eigenvalue weighted by Crippen LogP contribution is 2.43. The summed E-state index contributed by atoms with van der Waals surface area (Å²) in [5.74, 6) is 0.0641. The number of rotatable bonds is 5. The van der Waals surface area contributed by atoms with E-state index in [2.05, 4.69) is 6.92 Å². The van der Waals surface area contributed by atoms with E-state index in [1.807, 2.05) is 13.8 Å². The molecule has 17 heavy (non-hydrogen) atoms. The first-order valence-electron chi connectivity index (χ1n) is 6.60. The molecule has 1 aliphatic rings. The number of carboxylic acids is 1. The zero-order valence-electron chi connectivity index (χ0n) is 11.6. The van der Waals surface area contributed by atoms with Crippen molar-refractivity contribution >= 4 is 5.97 Å². The second kappa shape index (κ2) is 5.38. The average Bonchev–Trinajstić information content (AvgIpc) is 2.28. The number of hydrogen-bond acceptors (Lipinski definition) is 2. The molecular formula is C14H26O3. The molecular weight excluding hydrogens is 216 g/mol. The molecule has 0 aromatic rings. The summed E-state index contributed by atoms with van der Waals surface area (Å²) in [6, 6.07) is 0. The monoisotopic (exact) mass is 242 g/mol. The lowest BCUT2D eigenvalue weighted by Crippen LogP contribution is -2.37. The maximum Gasteiger partial charge on any atom is 0.309 e. The number of carboxylic acid groups (broad SMARTS) is 1. The van der Waals surface area contributed by atoms with Crippen molar-refractivity contribution in [2.24, 2.45) is 11.3 Å². The molecule has 1 aliphatic carbocycles. The molecule has 1 fully saturated rings. The van der Waals surface area contributed by atoms with Gasteiger partial charge in [-0.1, -0.05) is 6.92 Å². The Balaban J connectivity index is 2.64. The molecule has 0 aromatic carbocycles. The van der Waals surface area contributed by atoms with E-state index in [1.54, 1.807) is 7.11 Å². The van der Waals surface area contributed by atoms with Gasteiger partial charge in [-0.3, -0.25) is 4.79 Å². The molecule has 0 aromatic heterocycles. The second-order valence-electron chi connectivity index (χ2n) is 6.23. The van der Waals surface area contributed by atoms with E-state index in [9.17, 15) is 9.90 Å². The van der Waals surface area contributed by atoms with E-state index in [-0.39, 0.29) is 5.60 Å². The molecule has 3 heteroatoms. The van der Waals surface area contributed by atoms with E-state index in [4.69, 9.17) is 4.74 Å². The molecule has 0 unspecified atom stereocenters. The Morgan fingerprint density at radius 2 is 1.94 bits per heavy atom. The predicted molar refractivity (Wildman–Crippen MR) is 68.0 cm³/mol. The smallest absolute Gasteiger partial charge is 0.309 e. The van der Waals surface area contributed by atoms with Crippen LogP contribution in [0.25, 0.3) is 0 Å². The van der Waals surface area contributed by atoms with Gasteiger partial charge in [-0.05, 0) is 58.3 Å². The summed E-state index contributed by atoms with van der Waals surface area (Å²) >= 11 is 0. The van der Waals surface area contributed by atoms with Crippen LogP contribution in [0.5, 0.6) is 0 Å². The summed E-state index contributed by atoms with van der Waals surface area (Å²) in [7, 11) is 1.69. The van der Waals surface area contributed by atoms with Crippen molar-refractivity contribution in [3.05, 3.63) is 0 Å². The van der Waals surface area contributed by atoms with Gasteiger partial charge in [0.05, 0.1) is 11.0 Å². The van der Waals surface area contributed by atoms with Crippen LogP contribution >= 0.6 is 0 Å².